The number of benzene rings is 1. The first-order valence-corrected chi connectivity index (χ1v) is 5.74. The van der Waals surface area contributed by atoms with Gasteiger partial charge in [-0.25, -0.2) is 0 Å². The van der Waals surface area contributed by atoms with E-state index in [0.29, 0.717) is 32.0 Å². The fourth-order valence-corrected chi connectivity index (χ4v) is 2.02. The van der Waals surface area contributed by atoms with Gasteiger partial charge in [-0.2, -0.15) is 13.2 Å². The zero-order valence-corrected chi connectivity index (χ0v) is 9.78. The first-order valence-electron chi connectivity index (χ1n) is 5.74. The first kappa shape index (κ1) is 13.2. The summed E-state index contributed by atoms with van der Waals surface area (Å²) in [6.07, 6.45) is -4.43. The highest BCUT2D eigenvalue weighted by atomic mass is 19.4. The minimum Gasteiger partial charge on any atom is -0.378 e. The summed E-state index contributed by atoms with van der Waals surface area (Å²) in [7, 11) is 0. The monoisotopic (exact) mass is 260 g/mol. The molecule has 0 aliphatic carbocycles. The lowest BCUT2D eigenvalue weighted by Gasteiger charge is -2.32. The summed E-state index contributed by atoms with van der Waals surface area (Å²) in [6.45, 7) is 2.22. The summed E-state index contributed by atoms with van der Waals surface area (Å²) in [5.74, 6) is 0. The minimum absolute atomic E-state index is 0.118. The van der Waals surface area contributed by atoms with Crippen LogP contribution in [0.25, 0.3) is 0 Å². The topological polar surface area (TPSA) is 38.5 Å². The van der Waals surface area contributed by atoms with E-state index < -0.39 is 12.2 Å². The van der Waals surface area contributed by atoms with Crippen LogP contribution in [0.1, 0.15) is 11.6 Å². The van der Waals surface area contributed by atoms with Crippen molar-refractivity contribution >= 4 is 5.69 Å². The van der Waals surface area contributed by atoms with E-state index in [1.807, 2.05) is 4.90 Å². The summed E-state index contributed by atoms with van der Waals surface area (Å²) in [5, 5.41) is 0. The second kappa shape index (κ2) is 5.16. The number of alkyl halides is 3. The fourth-order valence-electron chi connectivity index (χ4n) is 2.02. The number of anilines is 1. The van der Waals surface area contributed by atoms with Crippen molar-refractivity contribution in [3.8, 4) is 0 Å². The molecular formula is C12H15F3N2O. The molecule has 1 aliphatic heterocycles. The van der Waals surface area contributed by atoms with Crippen LogP contribution >= 0.6 is 0 Å². The van der Waals surface area contributed by atoms with Crippen molar-refractivity contribution in [3.05, 3.63) is 29.8 Å². The van der Waals surface area contributed by atoms with Crippen LogP contribution in [0, 0.1) is 0 Å². The molecule has 1 aromatic rings. The predicted molar refractivity (Wildman–Crippen MR) is 62.5 cm³/mol. The number of rotatable bonds is 2. The van der Waals surface area contributed by atoms with Gasteiger partial charge in [-0.1, -0.05) is 18.2 Å². The Bertz CT molecular complexity index is 403. The summed E-state index contributed by atoms with van der Waals surface area (Å²) >= 11 is 0. The van der Waals surface area contributed by atoms with Crippen molar-refractivity contribution in [3.63, 3.8) is 0 Å². The molecule has 6 heteroatoms. The molecule has 1 saturated heterocycles. The Morgan fingerprint density at radius 2 is 1.78 bits per heavy atom. The molecule has 0 bridgehead atoms. The van der Waals surface area contributed by atoms with Crippen LogP contribution in [0.2, 0.25) is 0 Å². The lowest BCUT2D eigenvalue weighted by atomic mass is 10.0. The Hall–Kier alpha value is -1.27. The maximum absolute atomic E-state index is 12.7. The number of morpholine rings is 1. The highest BCUT2D eigenvalue weighted by molar-refractivity contribution is 5.55. The zero-order chi connectivity index (χ0) is 13.2. The molecule has 0 amide bonds. The normalized spacial score (nSPS) is 18.8. The number of hydrogen-bond donors (Lipinski definition) is 1. The summed E-state index contributed by atoms with van der Waals surface area (Å²) in [6, 6.07) is 4.45. The Morgan fingerprint density at radius 3 is 2.39 bits per heavy atom. The molecular weight excluding hydrogens is 245 g/mol. The minimum atomic E-state index is -4.43. The number of nitrogens with zero attached hydrogens (tertiary/aromatic N) is 1. The van der Waals surface area contributed by atoms with Crippen LogP contribution in [0.15, 0.2) is 24.3 Å². The lowest BCUT2D eigenvalue weighted by Crippen LogP contribution is -2.38. The second-order valence-electron chi connectivity index (χ2n) is 4.18. The van der Waals surface area contributed by atoms with E-state index in [2.05, 4.69) is 0 Å². The second-order valence-corrected chi connectivity index (χ2v) is 4.18. The van der Waals surface area contributed by atoms with Gasteiger partial charge in [0.05, 0.1) is 13.2 Å². The van der Waals surface area contributed by atoms with Gasteiger partial charge in [0.15, 0.2) is 0 Å². The highest BCUT2D eigenvalue weighted by Gasteiger charge is 2.39. The number of para-hydroxylation sites is 1. The van der Waals surface area contributed by atoms with Gasteiger partial charge in [-0.3, -0.25) is 0 Å². The van der Waals surface area contributed by atoms with Gasteiger partial charge in [0.2, 0.25) is 0 Å². The van der Waals surface area contributed by atoms with Crippen LogP contribution in [0.5, 0.6) is 0 Å². The smallest absolute Gasteiger partial charge is 0.378 e. The average Bonchev–Trinajstić information content (AvgIpc) is 2.38. The van der Waals surface area contributed by atoms with Crippen molar-refractivity contribution in [2.24, 2.45) is 5.73 Å². The number of halogens is 3. The van der Waals surface area contributed by atoms with Crippen LogP contribution in [0.3, 0.4) is 0 Å². The molecule has 1 heterocycles. The maximum atomic E-state index is 12.7. The molecule has 100 valence electrons. The van der Waals surface area contributed by atoms with E-state index in [4.69, 9.17) is 10.5 Å². The standard InChI is InChI=1S/C12H15F3N2O/c13-12(14,15)11(16)9-3-1-2-4-10(9)17-5-7-18-8-6-17/h1-4,11H,5-8,16H2/t11-/m1/s1. The first-order chi connectivity index (χ1) is 8.50. The van der Waals surface area contributed by atoms with Crippen molar-refractivity contribution in [1.29, 1.82) is 0 Å². The number of hydrogen-bond acceptors (Lipinski definition) is 3. The fraction of sp³-hybridized carbons (Fsp3) is 0.500. The molecule has 0 aromatic heterocycles. The lowest BCUT2D eigenvalue weighted by molar-refractivity contribution is -0.149. The molecule has 2 rings (SSSR count). The number of ether oxygens (including phenoxy) is 1. The van der Waals surface area contributed by atoms with Crippen LogP contribution in [-0.4, -0.2) is 32.5 Å². The predicted octanol–water partition coefficient (Wildman–Crippen LogP) is 2.09. The van der Waals surface area contributed by atoms with E-state index in [1.165, 1.54) is 6.07 Å². The molecule has 18 heavy (non-hydrogen) atoms. The van der Waals surface area contributed by atoms with Gasteiger partial charge in [0.25, 0.3) is 0 Å². The Morgan fingerprint density at radius 1 is 1.17 bits per heavy atom. The molecule has 2 N–H and O–H groups in total. The van der Waals surface area contributed by atoms with Crippen molar-refractivity contribution in [1.82, 2.24) is 0 Å². The Balaban J connectivity index is 2.30. The Labute approximate surface area is 103 Å². The van der Waals surface area contributed by atoms with Gasteiger partial charge in [-0.05, 0) is 6.07 Å². The van der Waals surface area contributed by atoms with E-state index in [-0.39, 0.29) is 5.56 Å². The molecule has 1 fully saturated rings. The average molecular weight is 260 g/mol. The van der Waals surface area contributed by atoms with Gasteiger partial charge < -0.3 is 15.4 Å². The third-order valence-corrected chi connectivity index (χ3v) is 2.98. The van der Waals surface area contributed by atoms with Crippen molar-refractivity contribution < 1.29 is 17.9 Å². The molecule has 1 atom stereocenters. The van der Waals surface area contributed by atoms with E-state index in [1.54, 1.807) is 18.2 Å². The molecule has 0 spiro atoms. The summed E-state index contributed by atoms with van der Waals surface area (Å²) < 4.78 is 43.3. The maximum Gasteiger partial charge on any atom is 0.407 e. The SMILES string of the molecule is N[C@H](c1ccccc1N1CCOCC1)C(F)(F)F. The van der Waals surface area contributed by atoms with E-state index >= 15 is 0 Å². The zero-order valence-electron chi connectivity index (χ0n) is 9.78. The third kappa shape index (κ3) is 2.76. The van der Waals surface area contributed by atoms with Gasteiger partial charge in [0.1, 0.15) is 6.04 Å². The largest absolute Gasteiger partial charge is 0.407 e. The van der Waals surface area contributed by atoms with Crippen LogP contribution < -0.4 is 10.6 Å². The highest BCUT2D eigenvalue weighted by Crippen LogP contribution is 2.35. The molecule has 1 aliphatic rings. The van der Waals surface area contributed by atoms with Crippen LogP contribution in [-0.2, 0) is 4.74 Å². The molecule has 0 unspecified atom stereocenters. The summed E-state index contributed by atoms with van der Waals surface area (Å²) in [4.78, 5) is 1.88. The molecule has 0 saturated carbocycles. The van der Waals surface area contributed by atoms with E-state index in [9.17, 15) is 13.2 Å². The van der Waals surface area contributed by atoms with Crippen LogP contribution in [0.4, 0.5) is 18.9 Å². The van der Waals surface area contributed by atoms with Gasteiger partial charge in [0, 0.05) is 24.3 Å². The molecule has 1 aromatic carbocycles. The summed E-state index contributed by atoms with van der Waals surface area (Å²) in [5.41, 5.74) is 5.96. The van der Waals surface area contributed by atoms with Crippen molar-refractivity contribution in [2.45, 2.75) is 12.2 Å². The number of nitrogens with two attached hydrogens (primary N) is 1. The third-order valence-electron chi connectivity index (χ3n) is 2.98. The quantitative estimate of drug-likeness (QED) is 0.884. The molecule has 0 radical (unpaired) electrons. The Kier molecular flexibility index (Phi) is 3.77. The van der Waals surface area contributed by atoms with Gasteiger partial charge in [-0.15, -0.1) is 0 Å². The van der Waals surface area contributed by atoms with Gasteiger partial charge >= 0.3 is 6.18 Å². The van der Waals surface area contributed by atoms with Crippen molar-refractivity contribution in [2.75, 3.05) is 31.2 Å². The van der Waals surface area contributed by atoms with E-state index in [0.717, 1.165) is 0 Å². The molecule has 3 nitrogen and oxygen atoms in total.